The lowest BCUT2D eigenvalue weighted by atomic mass is 9.95. The maximum absolute atomic E-state index is 6.48. The van der Waals surface area contributed by atoms with Gasteiger partial charge in [-0.1, -0.05) is 127 Å². The van der Waals surface area contributed by atoms with E-state index < -0.39 is 0 Å². The van der Waals surface area contributed by atoms with Gasteiger partial charge in [-0.3, -0.25) is 0 Å². The highest BCUT2D eigenvalue weighted by Gasteiger charge is 2.17. The standard InChI is InChI=1S/C41H25N3O/c1-3-11-27(12-4-1)39-42-40(28-13-5-2-6-14-28)44-41(43-39)31-21-23-35-37(25-31)45-36-17-9-16-34(38(35)36)30-20-22-33-29(24-30)19-18-26-10-7-8-15-32(26)33/h1-25H. The van der Waals surface area contributed by atoms with Gasteiger partial charge >= 0.3 is 0 Å². The lowest BCUT2D eigenvalue weighted by Gasteiger charge is -2.09. The predicted octanol–water partition coefficient (Wildman–Crippen LogP) is 10.7. The highest BCUT2D eigenvalue weighted by molar-refractivity contribution is 6.14. The average Bonchev–Trinajstić information content (AvgIpc) is 3.50. The Hall–Kier alpha value is -6.13. The topological polar surface area (TPSA) is 51.8 Å². The maximum Gasteiger partial charge on any atom is 0.164 e. The third-order valence-corrected chi connectivity index (χ3v) is 8.51. The largest absolute Gasteiger partial charge is 0.456 e. The first-order chi connectivity index (χ1) is 22.3. The van der Waals surface area contributed by atoms with E-state index in [1.807, 2.05) is 72.8 Å². The lowest BCUT2D eigenvalue weighted by molar-refractivity contribution is 0.669. The van der Waals surface area contributed by atoms with Crippen molar-refractivity contribution in [3.05, 3.63) is 152 Å². The third kappa shape index (κ3) is 4.35. The Kier molecular flexibility index (Phi) is 5.78. The van der Waals surface area contributed by atoms with Gasteiger partial charge in [0.25, 0.3) is 0 Å². The Bertz CT molecular complexity index is 2480. The van der Waals surface area contributed by atoms with E-state index in [2.05, 4.69) is 78.9 Å². The second-order valence-corrected chi connectivity index (χ2v) is 11.3. The Morgan fingerprint density at radius 2 is 0.956 bits per heavy atom. The summed E-state index contributed by atoms with van der Waals surface area (Å²) in [4.78, 5) is 14.7. The van der Waals surface area contributed by atoms with E-state index in [1.54, 1.807) is 0 Å². The van der Waals surface area contributed by atoms with Crippen molar-refractivity contribution >= 4 is 43.5 Å². The van der Waals surface area contributed by atoms with Crippen molar-refractivity contribution in [2.45, 2.75) is 0 Å². The number of hydrogen-bond donors (Lipinski definition) is 0. The third-order valence-electron chi connectivity index (χ3n) is 8.51. The normalized spacial score (nSPS) is 11.6. The van der Waals surface area contributed by atoms with Gasteiger partial charge in [-0.05, 0) is 56.9 Å². The number of fused-ring (bicyclic) bond motifs is 6. The number of aromatic nitrogens is 3. The molecule has 0 aliphatic rings. The fourth-order valence-corrected chi connectivity index (χ4v) is 6.32. The first-order valence-corrected chi connectivity index (χ1v) is 15.0. The van der Waals surface area contributed by atoms with E-state index in [9.17, 15) is 0 Å². The van der Waals surface area contributed by atoms with Crippen LogP contribution in [0, 0.1) is 0 Å². The molecule has 9 aromatic rings. The van der Waals surface area contributed by atoms with E-state index in [4.69, 9.17) is 19.4 Å². The van der Waals surface area contributed by atoms with Crippen molar-refractivity contribution in [1.82, 2.24) is 15.0 Å². The van der Waals surface area contributed by atoms with Crippen molar-refractivity contribution in [1.29, 1.82) is 0 Å². The van der Waals surface area contributed by atoms with Gasteiger partial charge in [-0.2, -0.15) is 0 Å². The SMILES string of the molecule is c1ccc(-c2nc(-c3ccccc3)nc(-c3ccc4c(c3)oc3cccc(-c5ccc6c(ccc7ccccc76)c5)c34)n2)cc1. The van der Waals surface area contributed by atoms with Crippen LogP contribution in [0.5, 0.6) is 0 Å². The molecule has 0 spiro atoms. The Labute approximate surface area is 259 Å². The molecule has 0 bridgehead atoms. The molecule has 0 saturated carbocycles. The maximum atomic E-state index is 6.48. The first-order valence-electron chi connectivity index (χ1n) is 15.0. The molecule has 210 valence electrons. The Morgan fingerprint density at radius 1 is 0.356 bits per heavy atom. The molecule has 0 atom stereocenters. The summed E-state index contributed by atoms with van der Waals surface area (Å²) in [6.45, 7) is 0. The molecule has 0 radical (unpaired) electrons. The summed E-state index contributed by atoms with van der Waals surface area (Å²) in [5, 5.41) is 7.16. The van der Waals surface area contributed by atoms with Crippen LogP contribution < -0.4 is 0 Å². The zero-order chi connectivity index (χ0) is 29.7. The van der Waals surface area contributed by atoms with E-state index >= 15 is 0 Å². The molecule has 4 heteroatoms. The second kappa shape index (κ2) is 10.2. The summed E-state index contributed by atoms with van der Waals surface area (Å²) in [7, 11) is 0. The minimum Gasteiger partial charge on any atom is -0.456 e. The van der Waals surface area contributed by atoms with Gasteiger partial charge in [-0.15, -0.1) is 0 Å². The minimum atomic E-state index is 0.604. The van der Waals surface area contributed by atoms with E-state index in [1.165, 1.54) is 21.5 Å². The van der Waals surface area contributed by atoms with Crippen LogP contribution in [0.3, 0.4) is 0 Å². The number of nitrogens with zero attached hydrogens (tertiary/aromatic N) is 3. The highest BCUT2D eigenvalue weighted by atomic mass is 16.3. The molecule has 2 aromatic heterocycles. The van der Waals surface area contributed by atoms with Crippen LogP contribution in [0.1, 0.15) is 0 Å². The van der Waals surface area contributed by atoms with Crippen molar-refractivity contribution in [3.63, 3.8) is 0 Å². The van der Waals surface area contributed by atoms with Crippen LogP contribution in [0.25, 0.3) is 88.8 Å². The molecular formula is C41H25N3O. The van der Waals surface area contributed by atoms with Crippen LogP contribution in [-0.2, 0) is 0 Å². The summed E-state index contributed by atoms with van der Waals surface area (Å²) in [6.07, 6.45) is 0. The van der Waals surface area contributed by atoms with Crippen molar-refractivity contribution in [3.8, 4) is 45.3 Å². The molecular weight excluding hydrogens is 550 g/mol. The lowest BCUT2D eigenvalue weighted by Crippen LogP contribution is -2.00. The summed E-state index contributed by atoms with van der Waals surface area (Å²) < 4.78 is 6.48. The summed E-state index contributed by atoms with van der Waals surface area (Å²) in [6, 6.07) is 52.3. The van der Waals surface area contributed by atoms with Crippen LogP contribution in [0.4, 0.5) is 0 Å². The second-order valence-electron chi connectivity index (χ2n) is 11.3. The van der Waals surface area contributed by atoms with Gasteiger partial charge in [0.2, 0.25) is 0 Å². The molecule has 2 heterocycles. The molecule has 0 aliphatic carbocycles. The van der Waals surface area contributed by atoms with Gasteiger partial charge in [0.05, 0.1) is 0 Å². The summed E-state index contributed by atoms with van der Waals surface area (Å²) >= 11 is 0. The minimum absolute atomic E-state index is 0.604. The first kappa shape index (κ1) is 25.4. The molecule has 45 heavy (non-hydrogen) atoms. The zero-order valence-electron chi connectivity index (χ0n) is 24.2. The Balaban J connectivity index is 1.19. The quantitative estimate of drug-likeness (QED) is 0.196. The van der Waals surface area contributed by atoms with Gasteiger partial charge in [0.1, 0.15) is 11.2 Å². The molecule has 0 fully saturated rings. The van der Waals surface area contributed by atoms with Gasteiger partial charge in [-0.25, -0.2) is 15.0 Å². The summed E-state index contributed by atoms with van der Waals surface area (Å²) in [5.74, 6) is 1.87. The van der Waals surface area contributed by atoms with Gasteiger partial charge in [0, 0.05) is 27.5 Å². The molecule has 9 rings (SSSR count). The van der Waals surface area contributed by atoms with Gasteiger partial charge in [0.15, 0.2) is 17.5 Å². The molecule has 0 unspecified atom stereocenters. The van der Waals surface area contributed by atoms with Crippen LogP contribution >= 0.6 is 0 Å². The fraction of sp³-hybridized carbons (Fsp3) is 0. The number of hydrogen-bond acceptors (Lipinski definition) is 4. The number of benzene rings is 7. The number of furan rings is 1. The van der Waals surface area contributed by atoms with Crippen LogP contribution in [0.2, 0.25) is 0 Å². The Morgan fingerprint density at radius 3 is 1.71 bits per heavy atom. The van der Waals surface area contributed by atoms with E-state index in [-0.39, 0.29) is 0 Å². The van der Waals surface area contributed by atoms with Crippen molar-refractivity contribution in [2.24, 2.45) is 0 Å². The fourth-order valence-electron chi connectivity index (χ4n) is 6.32. The van der Waals surface area contributed by atoms with Crippen LogP contribution in [-0.4, -0.2) is 15.0 Å². The average molecular weight is 576 g/mol. The van der Waals surface area contributed by atoms with E-state index in [0.29, 0.717) is 17.5 Å². The molecule has 4 nitrogen and oxygen atoms in total. The molecule has 0 N–H and O–H groups in total. The molecule has 7 aromatic carbocycles. The van der Waals surface area contributed by atoms with Crippen molar-refractivity contribution < 1.29 is 4.42 Å². The molecule has 0 aliphatic heterocycles. The monoisotopic (exact) mass is 575 g/mol. The van der Waals surface area contributed by atoms with Crippen molar-refractivity contribution in [2.75, 3.05) is 0 Å². The summed E-state index contributed by atoms with van der Waals surface area (Å²) in [5.41, 5.74) is 6.71. The van der Waals surface area contributed by atoms with Gasteiger partial charge < -0.3 is 4.42 Å². The van der Waals surface area contributed by atoms with Crippen LogP contribution in [0.15, 0.2) is 156 Å². The van der Waals surface area contributed by atoms with E-state index in [0.717, 1.165) is 49.8 Å². The predicted molar refractivity (Wildman–Crippen MR) is 184 cm³/mol. The molecule has 0 saturated heterocycles. The molecule has 0 amide bonds. The highest BCUT2D eigenvalue weighted by Crippen LogP contribution is 2.39. The smallest absolute Gasteiger partial charge is 0.164 e. The zero-order valence-corrected chi connectivity index (χ0v) is 24.2. The number of rotatable bonds is 4.